The predicted octanol–water partition coefficient (Wildman–Crippen LogP) is 6.65. The van der Waals surface area contributed by atoms with Crippen LogP contribution >= 0.6 is 51.5 Å². The van der Waals surface area contributed by atoms with Gasteiger partial charge in [0.05, 0.1) is 22.9 Å². The Labute approximate surface area is 280 Å². The van der Waals surface area contributed by atoms with Crippen molar-refractivity contribution in [1.29, 1.82) is 0 Å². The van der Waals surface area contributed by atoms with Crippen LogP contribution in [0.15, 0.2) is 65.4 Å². The standard InChI is InChI=1S/C31H30BrCl2N5O4.ClH/c1-4-15-35-31(42)21-10-7-20(8-11-21)9-14-26(40)36-17-27(41)38(3)24-13-12-23(33)22(28(24)34)18-43-25-6-5-16-39-29(32)19(2)37-30(25)39;/h5-14,16H,4,15,17-18H2,1-3H3,(H,35,42)(H,36,40);1H/b14-9+;. The number of rotatable bonds is 11. The highest BCUT2D eigenvalue weighted by Gasteiger charge is 2.20. The molecule has 0 spiro atoms. The van der Waals surface area contributed by atoms with E-state index < -0.39 is 5.91 Å². The number of amides is 3. The number of pyridine rings is 1. The van der Waals surface area contributed by atoms with E-state index in [1.807, 2.05) is 30.5 Å². The molecule has 2 aromatic carbocycles. The third kappa shape index (κ3) is 8.32. The number of hydrogen-bond acceptors (Lipinski definition) is 5. The van der Waals surface area contributed by atoms with Gasteiger partial charge in [-0.25, -0.2) is 4.98 Å². The molecular formula is C31H31BrCl3N5O4. The minimum Gasteiger partial charge on any atom is -0.485 e. The summed E-state index contributed by atoms with van der Waals surface area (Å²) in [5, 5.41) is 6.04. The zero-order chi connectivity index (χ0) is 31.1. The van der Waals surface area contributed by atoms with Crippen LogP contribution in [0.25, 0.3) is 11.7 Å². The molecule has 0 radical (unpaired) electrons. The van der Waals surface area contributed by atoms with Gasteiger partial charge in [-0.1, -0.05) is 42.3 Å². The number of halogens is 4. The normalized spacial score (nSPS) is 10.9. The van der Waals surface area contributed by atoms with Crippen molar-refractivity contribution < 1.29 is 19.1 Å². The molecule has 0 bridgehead atoms. The summed E-state index contributed by atoms with van der Waals surface area (Å²) in [6, 6.07) is 13.8. The van der Waals surface area contributed by atoms with Gasteiger partial charge in [-0.05, 0) is 77.3 Å². The molecule has 0 aliphatic rings. The van der Waals surface area contributed by atoms with Gasteiger partial charge in [0.25, 0.3) is 5.91 Å². The van der Waals surface area contributed by atoms with Gasteiger partial charge in [0.1, 0.15) is 11.2 Å². The van der Waals surface area contributed by atoms with E-state index in [2.05, 4.69) is 31.5 Å². The molecule has 3 amide bonds. The number of ether oxygens (including phenoxy) is 1. The molecule has 0 aliphatic carbocycles. The first-order chi connectivity index (χ1) is 20.6. The van der Waals surface area contributed by atoms with Crippen LogP contribution in [0.5, 0.6) is 5.75 Å². The number of carbonyl (C=O) groups excluding carboxylic acids is 3. The Hall–Kier alpha value is -3.57. The molecular weight excluding hydrogens is 693 g/mol. The Morgan fingerprint density at radius 3 is 2.52 bits per heavy atom. The van der Waals surface area contributed by atoms with Crippen LogP contribution in [0.3, 0.4) is 0 Å². The van der Waals surface area contributed by atoms with Crippen molar-refractivity contribution in [3.05, 3.63) is 97.8 Å². The van der Waals surface area contributed by atoms with Crippen molar-refractivity contribution in [3.63, 3.8) is 0 Å². The Morgan fingerprint density at radius 2 is 1.82 bits per heavy atom. The summed E-state index contributed by atoms with van der Waals surface area (Å²) in [4.78, 5) is 43.2. The number of likely N-dealkylation sites (N-methyl/N-ethyl adjacent to an activating group) is 1. The summed E-state index contributed by atoms with van der Waals surface area (Å²) in [6.45, 7) is 4.27. The van der Waals surface area contributed by atoms with Crippen LogP contribution in [-0.2, 0) is 16.2 Å². The van der Waals surface area contributed by atoms with Crippen molar-refractivity contribution in [2.24, 2.45) is 0 Å². The van der Waals surface area contributed by atoms with Gasteiger partial charge in [-0.2, -0.15) is 0 Å². The number of aromatic nitrogens is 2. The maximum Gasteiger partial charge on any atom is 0.251 e. The fourth-order valence-electron chi connectivity index (χ4n) is 4.10. The molecule has 0 unspecified atom stereocenters. The Balaban J connectivity index is 0.00000529. The molecule has 4 aromatic rings. The van der Waals surface area contributed by atoms with Gasteiger partial charge in [-0.3, -0.25) is 18.8 Å². The third-order valence-corrected chi connectivity index (χ3v) is 8.27. The molecule has 44 heavy (non-hydrogen) atoms. The van der Waals surface area contributed by atoms with Crippen LogP contribution in [0.4, 0.5) is 5.69 Å². The highest BCUT2D eigenvalue weighted by Crippen LogP contribution is 2.35. The Morgan fingerprint density at radius 1 is 1.09 bits per heavy atom. The second-order valence-electron chi connectivity index (χ2n) is 9.58. The van der Waals surface area contributed by atoms with Crippen molar-refractivity contribution in [2.75, 3.05) is 25.0 Å². The zero-order valence-electron chi connectivity index (χ0n) is 24.2. The maximum atomic E-state index is 12.9. The van der Waals surface area contributed by atoms with Crippen molar-refractivity contribution >= 4 is 86.7 Å². The lowest BCUT2D eigenvalue weighted by atomic mass is 10.1. The third-order valence-electron chi connectivity index (χ3n) is 6.54. The fraction of sp³-hybridized carbons (Fsp3) is 0.226. The molecule has 9 nitrogen and oxygen atoms in total. The first kappa shape index (κ1) is 34.9. The van der Waals surface area contributed by atoms with E-state index >= 15 is 0 Å². The summed E-state index contributed by atoms with van der Waals surface area (Å²) in [6.07, 6.45) is 5.65. The lowest BCUT2D eigenvalue weighted by molar-refractivity contribution is -0.122. The van der Waals surface area contributed by atoms with Gasteiger partial charge in [0.15, 0.2) is 11.4 Å². The number of benzene rings is 2. The molecule has 0 saturated heterocycles. The minimum absolute atomic E-state index is 0. The van der Waals surface area contributed by atoms with Crippen molar-refractivity contribution in [1.82, 2.24) is 20.0 Å². The van der Waals surface area contributed by atoms with E-state index in [1.54, 1.807) is 55.6 Å². The molecule has 0 aliphatic heterocycles. The number of hydrogen-bond donors (Lipinski definition) is 2. The van der Waals surface area contributed by atoms with Crippen LogP contribution in [-0.4, -0.2) is 47.2 Å². The fourth-order valence-corrected chi connectivity index (χ4v) is 5.08. The van der Waals surface area contributed by atoms with Gasteiger partial charge < -0.3 is 20.3 Å². The van der Waals surface area contributed by atoms with Gasteiger partial charge in [-0.15, -0.1) is 12.4 Å². The predicted molar refractivity (Wildman–Crippen MR) is 180 cm³/mol. The number of aryl methyl sites for hydroxylation is 1. The monoisotopic (exact) mass is 721 g/mol. The number of anilines is 1. The lowest BCUT2D eigenvalue weighted by Gasteiger charge is -2.21. The molecule has 0 atom stereocenters. The average molecular weight is 724 g/mol. The highest BCUT2D eigenvalue weighted by molar-refractivity contribution is 9.10. The topological polar surface area (TPSA) is 105 Å². The average Bonchev–Trinajstić information content (AvgIpc) is 3.30. The number of imidazole rings is 1. The lowest BCUT2D eigenvalue weighted by Crippen LogP contribution is -2.37. The van der Waals surface area contributed by atoms with Gasteiger partial charge >= 0.3 is 0 Å². The van der Waals surface area contributed by atoms with E-state index in [0.717, 1.165) is 22.3 Å². The van der Waals surface area contributed by atoms with E-state index in [0.29, 0.717) is 39.8 Å². The number of nitrogens with one attached hydrogen (secondary N) is 2. The maximum absolute atomic E-state index is 12.9. The Bertz CT molecular complexity index is 1690. The van der Waals surface area contributed by atoms with E-state index in [-0.39, 0.29) is 42.4 Å². The van der Waals surface area contributed by atoms with Crippen LogP contribution in [0, 0.1) is 6.92 Å². The minimum atomic E-state index is -0.446. The summed E-state index contributed by atoms with van der Waals surface area (Å²) in [5.41, 5.74) is 3.65. The second-order valence-corrected chi connectivity index (χ2v) is 11.1. The molecule has 2 heterocycles. The van der Waals surface area contributed by atoms with Crippen LogP contribution < -0.4 is 20.3 Å². The first-order valence-electron chi connectivity index (χ1n) is 13.4. The molecule has 0 fully saturated rings. The quantitative estimate of drug-likeness (QED) is 0.169. The van der Waals surface area contributed by atoms with Gasteiger partial charge in [0.2, 0.25) is 11.8 Å². The highest BCUT2D eigenvalue weighted by atomic mass is 79.9. The van der Waals surface area contributed by atoms with E-state index in [4.69, 9.17) is 27.9 Å². The Kier molecular flexibility index (Phi) is 12.7. The molecule has 13 heteroatoms. The molecule has 4 rings (SSSR count). The second kappa shape index (κ2) is 15.9. The van der Waals surface area contributed by atoms with E-state index in [1.165, 1.54) is 11.0 Å². The van der Waals surface area contributed by atoms with E-state index in [9.17, 15) is 14.4 Å². The smallest absolute Gasteiger partial charge is 0.251 e. The zero-order valence-corrected chi connectivity index (χ0v) is 28.1. The molecule has 232 valence electrons. The number of fused-ring (bicyclic) bond motifs is 1. The molecule has 2 aromatic heterocycles. The van der Waals surface area contributed by atoms with Crippen molar-refractivity contribution in [3.8, 4) is 5.75 Å². The SMILES string of the molecule is CCCNC(=O)c1ccc(/C=C/C(=O)NCC(=O)N(C)c2ccc(Cl)c(COc3cccn4c(Br)c(C)nc34)c2Cl)cc1.Cl. The molecule has 0 saturated carbocycles. The van der Waals surface area contributed by atoms with Crippen molar-refractivity contribution in [2.45, 2.75) is 26.9 Å². The molecule has 2 N–H and O–H groups in total. The number of nitrogens with zero attached hydrogens (tertiary/aromatic N) is 3. The van der Waals surface area contributed by atoms with Gasteiger partial charge in [0, 0.05) is 42.0 Å². The summed E-state index contributed by atoms with van der Waals surface area (Å²) in [5.74, 6) is -0.434. The number of carbonyl (C=O) groups is 3. The van der Waals surface area contributed by atoms with Crippen LogP contribution in [0.1, 0.15) is 40.5 Å². The van der Waals surface area contributed by atoms with Crippen LogP contribution in [0.2, 0.25) is 10.0 Å². The summed E-state index contributed by atoms with van der Waals surface area (Å²) >= 11 is 16.7. The largest absolute Gasteiger partial charge is 0.485 e. The first-order valence-corrected chi connectivity index (χ1v) is 15.0. The summed E-state index contributed by atoms with van der Waals surface area (Å²) < 4.78 is 8.74. The summed E-state index contributed by atoms with van der Waals surface area (Å²) in [7, 11) is 1.56.